The summed E-state index contributed by atoms with van der Waals surface area (Å²) in [4.78, 5) is 2.49. The Balaban J connectivity index is 2.24. The van der Waals surface area contributed by atoms with Gasteiger partial charge in [-0.2, -0.15) is 0 Å². The number of halogens is 1. The SMILES string of the molecule is CCC(N)Cc1c(Cl)cccc1N1CCC(C)C(C)C1. The highest BCUT2D eigenvalue weighted by Gasteiger charge is 2.25. The summed E-state index contributed by atoms with van der Waals surface area (Å²) in [6.07, 6.45) is 3.11. The number of rotatable bonds is 4. The van der Waals surface area contributed by atoms with E-state index in [2.05, 4.69) is 37.8 Å². The molecule has 3 heteroatoms. The normalized spacial score (nSPS) is 24.8. The van der Waals surface area contributed by atoms with Crippen molar-refractivity contribution in [3.63, 3.8) is 0 Å². The van der Waals surface area contributed by atoms with Crippen molar-refractivity contribution in [2.45, 2.75) is 46.1 Å². The molecule has 1 aliphatic heterocycles. The van der Waals surface area contributed by atoms with Gasteiger partial charge in [-0.25, -0.2) is 0 Å². The first kappa shape index (κ1) is 15.7. The Bertz CT molecular complexity index is 447. The lowest BCUT2D eigenvalue weighted by molar-refractivity contribution is 0.323. The molecule has 2 N–H and O–H groups in total. The number of hydrogen-bond donors (Lipinski definition) is 1. The molecule has 0 spiro atoms. The molecule has 112 valence electrons. The lowest BCUT2D eigenvalue weighted by Crippen LogP contribution is -2.39. The van der Waals surface area contributed by atoms with Gasteiger partial charge in [0.15, 0.2) is 0 Å². The number of nitrogens with zero attached hydrogens (tertiary/aromatic N) is 1. The minimum atomic E-state index is 0.190. The Morgan fingerprint density at radius 1 is 1.35 bits per heavy atom. The molecule has 0 radical (unpaired) electrons. The highest BCUT2D eigenvalue weighted by atomic mass is 35.5. The summed E-state index contributed by atoms with van der Waals surface area (Å²) in [5, 5.41) is 0.859. The average Bonchev–Trinajstić information content (AvgIpc) is 2.44. The average molecular weight is 295 g/mol. The van der Waals surface area contributed by atoms with Gasteiger partial charge in [0.05, 0.1) is 0 Å². The van der Waals surface area contributed by atoms with Crippen LogP contribution in [0.5, 0.6) is 0 Å². The van der Waals surface area contributed by atoms with E-state index >= 15 is 0 Å². The number of hydrogen-bond acceptors (Lipinski definition) is 2. The molecule has 0 amide bonds. The molecule has 1 heterocycles. The Morgan fingerprint density at radius 3 is 2.75 bits per heavy atom. The molecule has 0 bridgehead atoms. The van der Waals surface area contributed by atoms with E-state index in [4.69, 9.17) is 17.3 Å². The van der Waals surface area contributed by atoms with Crippen molar-refractivity contribution in [2.24, 2.45) is 17.6 Å². The molecule has 3 unspecified atom stereocenters. The minimum absolute atomic E-state index is 0.190. The summed E-state index contributed by atoms with van der Waals surface area (Å²) in [6.45, 7) is 9.08. The molecule has 1 aromatic rings. The Morgan fingerprint density at radius 2 is 2.10 bits per heavy atom. The van der Waals surface area contributed by atoms with Crippen LogP contribution in [0.4, 0.5) is 5.69 Å². The Hall–Kier alpha value is -0.730. The maximum atomic E-state index is 6.43. The van der Waals surface area contributed by atoms with Crippen molar-refractivity contribution >= 4 is 17.3 Å². The number of nitrogens with two attached hydrogens (primary N) is 1. The van der Waals surface area contributed by atoms with Crippen molar-refractivity contribution < 1.29 is 0 Å². The zero-order valence-corrected chi connectivity index (χ0v) is 13.7. The third kappa shape index (κ3) is 3.48. The van der Waals surface area contributed by atoms with Crippen LogP contribution in [0.1, 0.15) is 39.2 Å². The first-order valence-electron chi connectivity index (χ1n) is 7.80. The van der Waals surface area contributed by atoms with Crippen molar-refractivity contribution in [1.82, 2.24) is 0 Å². The van der Waals surface area contributed by atoms with Crippen LogP contribution >= 0.6 is 11.6 Å². The molecule has 3 atom stereocenters. The van der Waals surface area contributed by atoms with E-state index in [1.807, 2.05) is 6.07 Å². The van der Waals surface area contributed by atoms with Crippen LogP contribution in [-0.4, -0.2) is 19.1 Å². The molecular formula is C17H27ClN2. The summed E-state index contributed by atoms with van der Waals surface area (Å²) >= 11 is 6.43. The predicted molar refractivity (Wildman–Crippen MR) is 88.6 cm³/mol. The molecule has 1 aromatic carbocycles. The molecule has 2 rings (SSSR count). The van der Waals surface area contributed by atoms with Gasteiger partial charge in [0.25, 0.3) is 0 Å². The second-order valence-electron chi connectivity index (χ2n) is 6.30. The maximum Gasteiger partial charge on any atom is 0.0459 e. The van der Waals surface area contributed by atoms with Crippen LogP contribution in [0.15, 0.2) is 18.2 Å². The van der Waals surface area contributed by atoms with Crippen molar-refractivity contribution in [2.75, 3.05) is 18.0 Å². The van der Waals surface area contributed by atoms with Crippen molar-refractivity contribution in [3.8, 4) is 0 Å². The molecule has 0 saturated carbocycles. The van der Waals surface area contributed by atoms with E-state index in [1.54, 1.807) is 0 Å². The Kier molecular flexibility index (Phi) is 5.34. The molecule has 1 saturated heterocycles. The van der Waals surface area contributed by atoms with Crippen LogP contribution in [-0.2, 0) is 6.42 Å². The van der Waals surface area contributed by atoms with E-state index in [9.17, 15) is 0 Å². The van der Waals surface area contributed by atoms with E-state index in [0.717, 1.165) is 42.8 Å². The van der Waals surface area contributed by atoms with E-state index in [-0.39, 0.29) is 6.04 Å². The van der Waals surface area contributed by atoms with E-state index in [0.29, 0.717) is 0 Å². The zero-order valence-electron chi connectivity index (χ0n) is 12.9. The van der Waals surface area contributed by atoms with E-state index < -0.39 is 0 Å². The van der Waals surface area contributed by atoms with Crippen LogP contribution < -0.4 is 10.6 Å². The fourth-order valence-electron chi connectivity index (χ4n) is 2.93. The molecule has 0 aromatic heterocycles. The zero-order chi connectivity index (χ0) is 14.7. The fourth-order valence-corrected chi connectivity index (χ4v) is 3.18. The third-order valence-corrected chi connectivity index (χ3v) is 5.11. The van der Waals surface area contributed by atoms with Gasteiger partial charge in [-0.15, -0.1) is 0 Å². The van der Waals surface area contributed by atoms with Gasteiger partial charge >= 0.3 is 0 Å². The second-order valence-corrected chi connectivity index (χ2v) is 6.71. The van der Waals surface area contributed by atoms with Crippen LogP contribution in [0.3, 0.4) is 0 Å². The maximum absolute atomic E-state index is 6.43. The van der Waals surface area contributed by atoms with Gasteiger partial charge in [0, 0.05) is 29.8 Å². The molecule has 2 nitrogen and oxygen atoms in total. The molecule has 20 heavy (non-hydrogen) atoms. The van der Waals surface area contributed by atoms with Gasteiger partial charge in [-0.3, -0.25) is 0 Å². The lowest BCUT2D eigenvalue weighted by Gasteiger charge is -2.38. The smallest absolute Gasteiger partial charge is 0.0459 e. The van der Waals surface area contributed by atoms with Crippen LogP contribution in [0.2, 0.25) is 5.02 Å². The van der Waals surface area contributed by atoms with E-state index in [1.165, 1.54) is 17.7 Å². The molecule has 1 aliphatic rings. The summed E-state index contributed by atoms with van der Waals surface area (Å²) in [5.74, 6) is 1.54. The van der Waals surface area contributed by atoms with Gasteiger partial charge in [-0.1, -0.05) is 38.4 Å². The largest absolute Gasteiger partial charge is 0.371 e. The first-order valence-corrected chi connectivity index (χ1v) is 8.18. The van der Waals surface area contributed by atoms with Crippen molar-refractivity contribution in [1.29, 1.82) is 0 Å². The minimum Gasteiger partial charge on any atom is -0.371 e. The highest BCUT2D eigenvalue weighted by Crippen LogP contribution is 2.33. The van der Waals surface area contributed by atoms with Gasteiger partial charge in [-0.05, 0) is 48.8 Å². The summed E-state index contributed by atoms with van der Waals surface area (Å²) < 4.78 is 0. The number of anilines is 1. The second kappa shape index (κ2) is 6.82. The van der Waals surface area contributed by atoms with Crippen molar-refractivity contribution in [3.05, 3.63) is 28.8 Å². The van der Waals surface area contributed by atoms with Crippen LogP contribution in [0.25, 0.3) is 0 Å². The van der Waals surface area contributed by atoms with Gasteiger partial charge in [0.2, 0.25) is 0 Å². The standard InChI is InChI=1S/C17H27ClN2/c1-4-14(19)10-15-16(18)6-5-7-17(15)20-9-8-12(2)13(3)11-20/h5-7,12-14H,4,8-11,19H2,1-3H3. The summed E-state index contributed by atoms with van der Waals surface area (Å²) in [6, 6.07) is 6.43. The summed E-state index contributed by atoms with van der Waals surface area (Å²) in [7, 11) is 0. The molecular weight excluding hydrogens is 268 g/mol. The number of piperidine rings is 1. The highest BCUT2D eigenvalue weighted by molar-refractivity contribution is 6.31. The fraction of sp³-hybridized carbons (Fsp3) is 0.647. The molecule has 1 fully saturated rings. The quantitative estimate of drug-likeness (QED) is 0.906. The number of benzene rings is 1. The summed E-state index contributed by atoms with van der Waals surface area (Å²) in [5.41, 5.74) is 8.66. The first-order chi connectivity index (χ1) is 9.52. The topological polar surface area (TPSA) is 29.3 Å². The van der Waals surface area contributed by atoms with Gasteiger partial charge in [0.1, 0.15) is 0 Å². The third-order valence-electron chi connectivity index (χ3n) is 4.76. The van der Waals surface area contributed by atoms with Gasteiger partial charge < -0.3 is 10.6 Å². The predicted octanol–water partition coefficient (Wildman–Crippen LogP) is 4.10. The lowest BCUT2D eigenvalue weighted by atomic mass is 9.88. The van der Waals surface area contributed by atoms with Crippen LogP contribution in [0, 0.1) is 11.8 Å². The Labute approximate surface area is 128 Å². The monoisotopic (exact) mass is 294 g/mol. The molecule has 0 aliphatic carbocycles.